The van der Waals surface area contributed by atoms with Crippen LogP contribution in [0.4, 0.5) is 0 Å². The molecule has 1 amide bonds. The molecule has 0 saturated carbocycles. The Balaban J connectivity index is 1.67. The molecule has 0 spiro atoms. The number of hydrogen-bond acceptors (Lipinski definition) is 4. The number of nitrogens with zero attached hydrogens (tertiary/aromatic N) is 2. The molecule has 1 atom stereocenters. The van der Waals surface area contributed by atoms with Crippen molar-refractivity contribution >= 4 is 40.9 Å². The van der Waals surface area contributed by atoms with Gasteiger partial charge in [-0.1, -0.05) is 61.3 Å². The highest BCUT2D eigenvalue weighted by atomic mass is 35.5. The summed E-state index contributed by atoms with van der Waals surface area (Å²) in [5, 5.41) is 1.02. The molecule has 0 radical (unpaired) electrons. The first-order valence-electron chi connectivity index (χ1n) is 10.3. The van der Waals surface area contributed by atoms with Crippen molar-refractivity contribution in [1.29, 1.82) is 0 Å². The predicted molar refractivity (Wildman–Crippen MR) is 125 cm³/mol. The maximum atomic E-state index is 13.0. The molecule has 164 valence electrons. The summed E-state index contributed by atoms with van der Waals surface area (Å²) in [6.45, 7) is 6.28. The van der Waals surface area contributed by atoms with Gasteiger partial charge in [-0.05, 0) is 54.2 Å². The Kier molecular flexibility index (Phi) is 7.07. The second kappa shape index (κ2) is 9.41. The molecule has 1 aliphatic rings. The number of Topliss-reactive ketones (excluding diaryl/α,β-unsaturated/α-hetero) is 1. The fourth-order valence-electron chi connectivity index (χ4n) is 4.09. The van der Waals surface area contributed by atoms with Crippen molar-refractivity contribution < 1.29 is 9.59 Å². The average molecular weight is 460 g/mol. The van der Waals surface area contributed by atoms with Crippen molar-refractivity contribution in [2.24, 2.45) is 16.6 Å². The summed E-state index contributed by atoms with van der Waals surface area (Å²) in [6, 6.07) is 12.8. The van der Waals surface area contributed by atoms with Crippen LogP contribution in [-0.4, -0.2) is 28.1 Å². The molecule has 31 heavy (non-hydrogen) atoms. The van der Waals surface area contributed by atoms with E-state index in [0.29, 0.717) is 28.9 Å². The summed E-state index contributed by atoms with van der Waals surface area (Å²) < 4.78 is 0. The third-order valence-corrected chi connectivity index (χ3v) is 5.64. The second-order valence-electron chi connectivity index (χ2n) is 8.72. The van der Waals surface area contributed by atoms with Crippen LogP contribution in [0.2, 0.25) is 10.0 Å². The van der Waals surface area contributed by atoms with Gasteiger partial charge in [0.15, 0.2) is 5.96 Å². The summed E-state index contributed by atoms with van der Waals surface area (Å²) in [5.41, 5.74) is 7.83. The van der Waals surface area contributed by atoms with Gasteiger partial charge in [0.05, 0.1) is 6.54 Å². The van der Waals surface area contributed by atoms with Gasteiger partial charge in [0.25, 0.3) is 5.91 Å². The second-order valence-corrected chi connectivity index (χ2v) is 9.60. The van der Waals surface area contributed by atoms with Gasteiger partial charge in [-0.2, -0.15) is 0 Å². The van der Waals surface area contributed by atoms with Crippen LogP contribution in [0.5, 0.6) is 0 Å². The molecule has 2 N–H and O–H groups in total. The zero-order valence-corrected chi connectivity index (χ0v) is 19.5. The van der Waals surface area contributed by atoms with Gasteiger partial charge >= 0.3 is 0 Å². The minimum Gasteiger partial charge on any atom is -0.369 e. The van der Waals surface area contributed by atoms with Gasteiger partial charge in [-0.25, -0.2) is 4.99 Å². The van der Waals surface area contributed by atoms with E-state index in [0.717, 1.165) is 16.7 Å². The van der Waals surface area contributed by atoms with E-state index in [1.165, 1.54) is 4.90 Å². The van der Waals surface area contributed by atoms with Crippen molar-refractivity contribution in [2.45, 2.75) is 52.1 Å². The Morgan fingerprint density at radius 3 is 2.32 bits per heavy atom. The number of guanidine groups is 1. The van der Waals surface area contributed by atoms with Crippen molar-refractivity contribution in [1.82, 2.24) is 4.90 Å². The number of hydrogen-bond donors (Lipinski definition) is 1. The standard InChI is InChI=1S/C24H27Cl2N3O2/c1-15(2)13-24(3)22(31)29(23(27)28-24)14-17-6-4-5-16(7-17)10-21(30)11-18-8-19(25)12-20(26)9-18/h4-9,12,15H,10-11,13-14H2,1-3H3,(H2,27,28). The largest absolute Gasteiger partial charge is 0.369 e. The predicted octanol–water partition coefficient (Wildman–Crippen LogP) is 4.81. The normalized spacial score (nSPS) is 18.6. The summed E-state index contributed by atoms with van der Waals surface area (Å²) in [7, 11) is 0. The number of halogens is 2. The van der Waals surface area contributed by atoms with Crippen LogP contribution in [0.15, 0.2) is 47.5 Å². The monoisotopic (exact) mass is 459 g/mol. The maximum Gasteiger partial charge on any atom is 0.257 e. The molecule has 3 rings (SSSR count). The molecule has 2 aromatic carbocycles. The molecule has 1 aliphatic heterocycles. The Bertz CT molecular complexity index is 1010. The van der Waals surface area contributed by atoms with E-state index in [9.17, 15) is 9.59 Å². The lowest BCUT2D eigenvalue weighted by atomic mass is 9.91. The third-order valence-electron chi connectivity index (χ3n) is 5.21. The molecular weight excluding hydrogens is 433 g/mol. The number of aliphatic imine (C=N–C) groups is 1. The minimum absolute atomic E-state index is 0.0540. The average Bonchev–Trinajstić information content (AvgIpc) is 2.83. The Morgan fingerprint density at radius 1 is 1.06 bits per heavy atom. The summed E-state index contributed by atoms with van der Waals surface area (Å²) in [4.78, 5) is 31.5. The van der Waals surface area contributed by atoms with E-state index >= 15 is 0 Å². The number of rotatable bonds is 8. The number of amides is 1. The fraction of sp³-hybridized carbons (Fsp3) is 0.375. The number of carbonyl (C=O) groups excluding carboxylic acids is 2. The van der Waals surface area contributed by atoms with Gasteiger partial charge in [-0.3, -0.25) is 14.5 Å². The molecule has 2 aromatic rings. The van der Waals surface area contributed by atoms with Crippen molar-refractivity contribution in [3.8, 4) is 0 Å². The SMILES string of the molecule is CC(C)CC1(C)N=C(N)N(Cc2cccc(CC(=O)Cc3cc(Cl)cc(Cl)c3)c2)C1=O. The molecule has 0 bridgehead atoms. The number of ketones is 1. The number of nitrogens with two attached hydrogens (primary N) is 1. The molecular formula is C24H27Cl2N3O2. The molecule has 0 fully saturated rings. The van der Waals surface area contributed by atoms with Crippen molar-refractivity contribution in [3.05, 3.63) is 69.2 Å². The van der Waals surface area contributed by atoms with Crippen LogP contribution in [0, 0.1) is 5.92 Å². The Hall–Kier alpha value is -2.37. The van der Waals surface area contributed by atoms with Gasteiger partial charge in [0.2, 0.25) is 0 Å². The van der Waals surface area contributed by atoms with Gasteiger partial charge in [-0.15, -0.1) is 0 Å². The molecule has 0 saturated heterocycles. The van der Waals surface area contributed by atoms with E-state index in [1.54, 1.807) is 18.2 Å². The molecule has 0 aromatic heterocycles. The van der Waals surface area contributed by atoms with Gasteiger partial charge in [0.1, 0.15) is 11.3 Å². The van der Waals surface area contributed by atoms with Crippen LogP contribution in [0.25, 0.3) is 0 Å². The van der Waals surface area contributed by atoms with Crippen LogP contribution >= 0.6 is 23.2 Å². The lowest BCUT2D eigenvalue weighted by molar-refractivity contribution is -0.131. The van der Waals surface area contributed by atoms with E-state index in [2.05, 4.69) is 18.8 Å². The van der Waals surface area contributed by atoms with Crippen LogP contribution < -0.4 is 5.73 Å². The van der Waals surface area contributed by atoms with Crippen molar-refractivity contribution in [2.75, 3.05) is 0 Å². The Labute approximate surface area is 193 Å². The molecule has 1 unspecified atom stereocenters. The summed E-state index contributed by atoms with van der Waals surface area (Å²) in [5.74, 6) is 0.540. The smallest absolute Gasteiger partial charge is 0.257 e. The summed E-state index contributed by atoms with van der Waals surface area (Å²) >= 11 is 12.0. The lowest BCUT2D eigenvalue weighted by Crippen LogP contribution is -2.43. The first-order valence-corrected chi connectivity index (χ1v) is 11.0. The van der Waals surface area contributed by atoms with E-state index in [4.69, 9.17) is 28.9 Å². The highest BCUT2D eigenvalue weighted by Gasteiger charge is 2.44. The number of benzene rings is 2. The maximum absolute atomic E-state index is 13.0. The molecule has 1 heterocycles. The minimum atomic E-state index is -0.815. The highest BCUT2D eigenvalue weighted by Crippen LogP contribution is 2.29. The molecule has 7 heteroatoms. The quantitative estimate of drug-likeness (QED) is 0.615. The molecule has 5 nitrogen and oxygen atoms in total. The van der Waals surface area contributed by atoms with E-state index < -0.39 is 5.54 Å². The Morgan fingerprint density at radius 2 is 1.68 bits per heavy atom. The van der Waals surface area contributed by atoms with E-state index in [-0.39, 0.29) is 30.5 Å². The topological polar surface area (TPSA) is 75.8 Å². The van der Waals surface area contributed by atoms with Crippen LogP contribution in [0.1, 0.15) is 43.9 Å². The lowest BCUT2D eigenvalue weighted by Gasteiger charge is -2.23. The van der Waals surface area contributed by atoms with Gasteiger partial charge in [0, 0.05) is 22.9 Å². The van der Waals surface area contributed by atoms with Gasteiger partial charge < -0.3 is 5.73 Å². The first-order chi connectivity index (χ1) is 14.6. The third kappa shape index (κ3) is 5.86. The highest BCUT2D eigenvalue weighted by molar-refractivity contribution is 6.34. The van der Waals surface area contributed by atoms with E-state index in [1.807, 2.05) is 31.2 Å². The first kappa shape index (κ1) is 23.3. The zero-order valence-electron chi connectivity index (χ0n) is 18.0. The summed E-state index contributed by atoms with van der Waals surface area (Å²) in [6.07, 6.45) is 1.17. The number of carbonyl (C=O) groups is 2. The van der Waals surface area contributed by atoms with Crippen LogP contribution in [0.3, 0.4) is 0 Å². The fourth-order valence-corrected chi connectivity index (χ4v) is 4.66. The van der Waals surface area contributed by atoms with Crippen LogP contribution in [-0.2, 0) is 29.0 Å². The zero-order chi connectivity index (χ0) is 22.8. The molecule has 0 aliphatic carbocycles. The van der Waals surface area contributed by atoms with Crippen molar-refractivity contribution in [3.63, 3.8) is 0 Å².